The van der Waals surface area contributed by atoms with Gasteiger partial charge in [-0.1, -0.05) is 13.8 Å². The molecule has 0 saturated carbocycles. The van der Waals surface area contributed by atoms with Gasteiger partial charge in [-0.05, 0) is 43.5 Å². The largest absolute Gasteiger partial charge is 0.494 e. The summed E-state index contributed by atoms with van der Waals surface area (Å²) in [6.45, 7) is 8.89. The first-order valence-corrected chi connectivity index (χ1v) is 7.70. The molecule has 2 amide bonds. The van der Waals surface area contributed by atoms with E-state index in [4.69, 9.17) is 4.74 Å². The summed E-state index contributed by atoms with van der Waals surface area (Å²) in [4.78, 5) is 25.2. The Kier molecular flexibility index (Phi) is 7.43. The van der Waals surface area contributed by atoms with E-state index in [0.717, 1.165) is 12.2 Å². The molecule has 1 rings (SSSR count). The Morgan fingerprint density at radius 1 is 1.23 bits per heavy atom. The van der Waals surface area contributed by atoms with Crippen molar-refractivity contribution in [2.24, 2.45) is 5.92 Å². The molecule has 1 aromatic rings. The second kappa shape index (κ2) is 9.07. The molecule has 1 N–H and O–H groups in total. The van der Waals surface area contributed by atoms with Crippen LogP contribution in [0.5, 0.6) is 5.75 Å². The van der Waals surface area contributed by atoms with E-state index >= 15 is 0 Å². The summed E-state index contributed by atoms with van der Waals surface area (Å²) in [5, 5.41) is 2.80. The normalized spacial score (nSPS) is 10.4. The Bertz CT molecular complexity index is 483. The molecule has 0 heterocycles. The summed E-state index contributed by atoms with van der Waals surface area (Å²) in [5.41, 5.74) is 0.695. The van der Waals surface area contributed by atoms with Crippen LogP contribution in [0.4, 0.5) is 5.69 Å². The molecule has 0 aliphatic rings. The molecule has 22 heavy (non-hydrogen) atoms. The average molecular weight is 306 g/mol. The Hall–Kier alpha value is -2.04. The smallest absolute Gasteiger partial charge is 0.243 e. The van der Waals surface area contributed by atoms with Gasteiger partial charge >= 0.3 is 0 Å². The first-order chi connectivity index (χ1) is 10.4. The highest BCUT2D eigenvalue weighted by atomic mass is 16.5. The molecule has 0 radical (unpaired) electrons. The van der Waals surface area contributed by atoms with Crippen molar-refractivity contribution in [2.45, 2.75) is 34.1 Å². The van der Waals surface area contributed by atoms with Crippen LogP contribution in [0.1, 0.15) is 34.1 Å². The average Bonchev–Trinajstić information content (AvgIpc) is 2.45. The number of carbonyl (C=O) groups excluding carboxylic acids is 2. The van der Waals surface area contributed by atoms with Crippen molar-refractivity contribution in [3.63, 3.8) is 0 Å². The summed E-state index contributed by atoms with van der Waals surface area (Å²) in [6, 6.07) is 7.19. The van der Waals surface area contributed by atoms with Gasteiger partial charge in [0.05, 0.1) is 13.2 Å². The topological polar surface area (TPSA) is 58.6 Å². The van der Waals surface area contributed by atoms with Crippen LogP contribution in [0.2, 0.25) is 0 Å². The van der Waals surface area contributed by atoms with Gasteiger partial charge in [0.25, 0.3) is 0 Å². The first-order valence-electron chi connectivity index (χ1n) is 7.70. The third kappa shape index (κ3) is 6.61. The van der Waals surface area contributed by atoms with Crippen LogP contribution in [-0.2, 0) is 9.59 Å². The highest BCUT2D eigenvalue weighted by Gasteiger charge is 2.14. The van der Waals surface area contributed by atoms with Gasteiger partial charge in [-0.2, -0.15) is 0 Å². The van der Waals surface area contributed by atoms with Gasteiger partial charge in [0.2, 0.25) is 11.8 Å². The quantitative estimate of drug-likeness (QED) is 0.803. The maximum atomic E-state index is 12.0. The van der Waals surface area contributed by atoms with Gasteiger partial charge in [0, 0.05) is 19.2 Å². The standard InChI is InChI=1S/C17H26N2O3/c1-5-22-16-8-6-15(7-9-16)18-17(21)12-19(14(4)20)11-10-13(2)3/h6-9,13H,5,10-12H2,1-4H3,(H,18,21). The molecule has 1 aromatic carbocycles. The predicted molar refractivity (Wildman–Crippen MR) is 87.9 cm³/mol. The molecule has 0 atom stereocenters. The zero-order valence-corrected chi connectivity index (χ0v) is 13.9. The minimum absolute atomic E-state index is 0.0786. The molecule has 0 aliphatic carbocycles. The van der Waals surface area contributed by atoms with Gasteiger partial charge in [-0.15, -0.1) is 0 Å². The molecule has 0 aliphatic heterocycles. The highest BCUT2D eigenvalue weighted by molar-refractivity contribution is 5.94. The van der Waals surface area contributed by atoms with E-state index in [-0.39, 0.29) is 18.4 Å². The second-order valence-electron chi connectivity index (χ2n) is 5.63. The van der Waals surface area contributed by atoms with Crippen LogP contribution in [0.25, 0.3) is 0 Å². The molecule has 0 saturated heterocycles. The molecule has 0 spiro atoms. The second-order valence-corrected chi connectivity index (χ2v) is 5.63. The van der Waals surface area contributed by atoms with Crippen LogP contribution >= 0.6 is 0 Å². The number of nitrogens with one attached hydrogen (secondary N) is 1. The van der Waals surface area contributed by atoms with E-state index in [0.29, 0.717) is 24.8 Å². The third-order valence-corrected chi connectivity index (χ3v) is 3.21. The maximum absolute atomic E-state index is 12.0. The zero-order valence-electron chi connectivity index (χ0n) is 13.9. The fourth-order valence-corrected chi connectivity index (χ4v) is 1.94. The number of carbonyl (C=O) groups is 2. The van der Waals surface area contributed by atoms with Gasteiger partial charge in [0.15, 0.2) is 0 Å². The minimum Gasteiger partial charge on any atom is -0.494 e. The number of rotatable bonds is 8. The lowest BCUT2D eigenvalue weighted by atomic mass is 10.1. The van der Waals surface area contributed by atoms with Crippen molar-refractivity contribution in [1.29, 1.82) is 0 Å². The molecule has 122 valence electrons. The first kappa shape index (κ1) is 18.0. The Labute approximate surface area is 132 Å². The van der Waals surface area contributed by atoms with Gasteiger partial charge in [-0.25, -0.2) is 0 Å². The molecule has 0 aromatic heterocycles. The van der Waals surface area contributed by atoms with Gasteiger partial charge in [0.1, 0.15) is 5.75 Å². The van der Waals surface area contributed by atoms with Crippen LogP contribution in [0, 0.1) is 5.92 Å². The fourth-order valence-electron chi connectivity index (χ4n) is 1.94. The fraction of sp³-hybridized carbons (Fsp3) is 0.529. The molecule has 0 fully saturated rings. The highest BCUT2D eigenvalue weighted by Crippen LogP contribution is 2.15. The maximum Gasteiger partial charge on any atom is 0.243 e. The van der Waals surface area contributed by atoms with Crippen molar-refractivity contribution >= 4 is 17.5 Å². The molecule has 5 nitrogen and oxygen atoms in total. The summed E-state index contributed by atoms with van der Waals surface area (Å²) in [6.07, 6.45) is 0.885. The van der Waals surface area contributed by atoms with E-state index in [1.807, 2.05) is 6.92 Å². The predicted octanol–water partition coefficient (Wildman–Crippen LogP) is 2.92. The summed E-state index contributed by atoms with van der Waals surface area (Å²) < 4.78 is 5.35. The van der Waals surface area contributed by atoms with E-state index in [1.165, 1.54) is 6.92 Å². The monoisotopic (exact) mass is 306 g/mol. The SMILES string of the molecule is CCOc1ccc(NC(=O)CN(CCC(C)C)C(C)=O)cc1. The number of benzene rings is 1. The van der Waals surface area contributed by atoms with Gasteiger partial charge < -0.3 is 15.0 Å². The van der Waals surface area contributed by atoms with Crippen molar-refractivity contribution in [1.82, 2.24) is 4.90 Å². The summed E-state index contributed by atoms with van der Waals surface area (Å²) in [5.74, 6) is 0.990. The number of hydrogen-bond donors (Lipinski definition) is 1. The third-order valence-electron chi connectivity index (χ3n) is 3.21. The number of amides is 2. The lowest BCUT2D eigenvalue weighted by Crippen LogP contribution is -2.37. The lowest BCUT2D eigenvalue weighted by molar-refractivity contribution is -0.132. The Balaban J connectivity index is 2.53. The van der Waals surface area contributed by atoms with Crippen molar-refractivity contribution < 1.29 is 14.3 Å². The number of nitrogens with zero attached hydrogens (tertiary/aromatic N) is 1. The van der Waals surface area contributed by atoms with Crippen LogP contribution < -0.4 is 10.1 Å². The van der Waals surface area contributed by atoms with Gasteiger partial charge in [-0.3, -0.25) is 9.59 Å². The molecular weight excluding hydrogens is 280 g/mol. The Morgan fingerprint density at radius 2 is 1.86 bits per heavy atom. The number of ether oxygens (including phenoxy) is 1. The Morgan fingerprint density at radius 3 is 2.36 bits per heavy atom. The minimum atomic E-state index is -0.192. The number of anilines is 1. The van der Waals surface area contributed by atoms with E-state index in [1.54, 1.807) is 29.2 Å². The van der Waals surface area contributed by atoms with Crippen molar-refractivity contribution in [2.75, 3.05) is 25.0 Å². The van der Waals surface area contributed by atoms with E-state index < -0.39 is 0 Å². The van der Waals surface area contributed by atoms with Crippen molar-refractivity contribution in [3.8, 4) is 5.75 Å². The number of hydrogen-bond acceptors (Lipinski definition) is 3. The van der Waals surface area contributed by atoms with Crippen molar-refractivity contribution in [3.05, 3.63) is 24.3 Å². The van der Waals surface area contributed by atoms with Crippen LogP contribution in [0.3, 0.4) is 0 Å². The summed E-state index contributed by atoms with van der Waals surface area (Å²) in [7, 11) is 0. The van der Waals surface area contributed by atoms with E-state index in [9.17, 15) is 9.59 Å². The summed E-state index contributed by atoms with van der Waals surface area (Å²) >= 11 is 0. The lowest BCUT2D eigenvalue weighted by Gasteiger charge is -2.21. The molecule has 0 unspecified atom stereocenters. The van der Waals surface area contributed by atoms with E-state index in [2.05, 4.69) is 19.2 Å². The van der Waals surface area contributed by atoms with Crippen LogP contribution in [0.15, 0.2) is 24.3 Å². The molecular formula is C17H26N2O3. The van der Waals surface area contributed by atoms with Crippen LogP contribution in [-0.4, -0.2) is 36.4 Å². The molecule has 0 bridgehead atoms. The zero-order chi connectivity index (χ0) is 16.5. The molecule has 5 heteroatoms.